The molecule has 0 aromatic carbocycles. The molecular formula is C3H4N3. The van der Waals surface area contributed by atoms with Crippen LogP contribution in [0.5, 0.6) is 0 Å². The van der Waals surface area contributed by atoms with Crippen LogP contribution in [0.15, 0.2) is 6.20 Å². The second-order valence-electron chi connectivity index (χ2n) is 0.937. The van der Waals surface area contributed by atoms with E-state index in [9.17, 15) is 0 Å². The highest BCUT2D eigenvalue weighted by Gasteiger charge is 1.76. The van der Waals surface area contributed by atoms with E-state index in [0.717, 1.165) is 0 Å². The van der Waals surface area contributed by atoms with Crippen molar-refractivity contribution in [3.63, 3.8) is 0 Å². The number of aromatic amines is 1. The predicted octanol–water partition coefficient (Wildman–Crippen LogP) is -0.208. The van der Waals surface area contributed by atoms with Crippen LogP contribution in [0.25, 0.3) is 0 Å². The first kappa shape index (κ1) is 3.21. The Morgan fingerprint density at radius 2 is 2.83 bits per heavy atom. The van der Waals surface area contributed by atoms with Crippen LogP contribution < -0.4 is 5.73 Å². The highest BCUT2D eigenvalue weighted by Crippen LogP contribution is 1.84. The molecule has 3 N–H and O–H groups in total. The number of anilines is 1. The molecule has 0 aliphatic heterocycles. The van der Waals surface area contributed by atoms with Gasteiger partial charge in [-0.05, 0) is 0 Å². The first-order valence-corrected chi connectivity index (χ1v) is 1.56. The van der Waals surface area contributed by atoms with Crippen molar-refractivity contribution in [3.05, 3.63) is 12.5 Å². The Labute approximate surface area is 35.2 Å². The van der Waals surface area contributed by atoms with Crippen molar-refractivity contribution >= 4 is 5.82 Å². The SMILES string of the molecule is Nc1c[nH][c]n1. The summed E-state index contributed by atoms with van der Waals surface area (Å²) in [5, 5.41) is 0. The number of H-pyrrole nitrogens is 1. The Hall–Kier alpha value is -0.990. The summed E-state index contributed by atoms with van der Waals surface area (Å²) >= 11 is 0. The topological polar surface area (TPSA) is 54.7 Å². The lowest BCUT2D eigenvalue weighted by Gasteiger charge is -1.67. The zero-order valence-corrected chi connectivity index (χ0v) is 3.10. The maximum Gasteiger partial charge on any atom is 0.175 e. The molecule has 3 heteroatoms. The molecule has 31 valence electrons. The number of nitrogens with two attached hydrogens (primary N) is 1. The molecule has 0 aliphatic carbocycles. The highest BCUT2D eigenvalue weighted by molar-refractivity contribution is 5.20. The standard InChI is InChI=1S/C3H4N3/c4-3-1-5-2-6-3/h1H,4H2,(H,5,6). The molecule has 6 heavy (non-hydrogen) atoms. The number of nitrogens with one attached hydrogen (secondary N) is 1. The average molecular weight is 82.1 g/mol. The van der Waals surface area contributed by atoms with Gasteiger partial charge in [0.2, 0.25) is 0 Å². The molecule has 0 spiro atoms. The van der Waals surface area contributed by atoms with Crippen LogP contribution in [0.2, 0.25) is 0 Å². The van der Waals surface area contributed by atoms with E-state index in [1.54, 1.807) is 6.20 Å². The monoisotopic (exact) mass is 82.0 g/mol. The molecule has 1 aromatic rings. The summed E-state index contributed by atoms with van der Waals surface area (Å²) < 4.78 is 0. The van der Waals surface area contributed by atoms with Crippen LogP contribution >= 0.6 is 0 Å². The molecule has 0 bridgehead atoms. The third-order valence-electron chi connectivity index (χ3n) is 0.470. The lowest BCUT2D eigenvalue weighted by molar-refractivity contribution is 1.29. The van der Waals surface area contributed by atoms with Gasteiger partial charge in [0.05, 0.1) is 0 Å². The van der Waals surface area contributed by atoms with E-state index >= 15 is 0 Å². The molecule has 0 unspecified atom stereocenters. The average Bonchev–Trinajstić information content (AvgIpc) is 1.86. The maximum atomic E-state index is 5.10. The number of hydrogen-bond donors (Lipinski definition) is 2. The Morgan fingerprint density at radius 1 is 2.00 bits per heavy atom. The Morgan fingerprint density at radius 3 is 3.00 bits per heavy atom. The Balaban J connectivity index is 3.05. The van der Waals surface area contributed by atoms with Gasteiger partial charge < -0.3 is 10.7 Å². The van der Waals surface area contributed by atoms with Gasteiger partial charge in [-0.1, -0.05) is 0 Å². The van der Waals surface area contributed by atoms with Gasteiger partial charge in [0, 0.05) is 6.20 Å². The van der Waals surface area contributed by atoms with Crippen molar-refractivity contribution in [2.24, 2.45) is 0 Å². The lowest BCUT2D eigenvalue weighted by atomic mass is 10.8. The van der Waals surface area contributed by atoms with Gasteiger partial charge in [0.25, 0.3) is 0 Å². The summed E-state index contributed by atoms with van der Waals surface area (Å²) in [6.07, 6.45) is 4.00. The van der Waals surface area contributed by atoms with Crippen LogP contribution in [0.3, 0.4) is 0 Å². The molecule has 0 saturated heterocycles. The fraction of sp³-hybridized carbons (Fsp3) is 0. The number of aromatic nitrogens is 2. The molecule has 1 heterocycles. The Kier molecular flexibility index (Phi) is 0.538. The molecular weight excluding hydrogens is 78.1 g/mol. The van der Waals surface area contributed by atoms with E-state index in [1.165, 1.54) is 0 Å². The van der Waals surface area contributed by atoms with Crippen molar-refractivity contribution < 1.29 is 0 Å². The summed E-state index contributed by atoms with van der Waals surface area (Å²) in [6.45, 7) is 0. The lowest BCUT2D eigenvalue weighted by Crippen LogP contribution is -1.79. The number of nitrogens with zero attached hydrogens (tertiary/aromatic N) is 1. The number of imidazole rings is 1. The fourth-order valence-electron chi connectivity index (χ4n) is 0.235. The molecule has 1 aromatic heterocycles. The van der Waals surface area contributed by atoms with Crippen molar-refractivity contribution in [3.8, 4) is 0 Å². The quantitative estimate of drug-likeness (QED) is 0.455. The first-order valence-electron chi connectivity index (χ1n) is 1.56. The smallest absolute Gasteiger partial charge is 0.175 e. The van der Waals surface area contributed by atoms with Gasteiger partial charge in [0.1, 0.15) is 5.82 Å². The number of nitrogen functional groups attached to an aromatic ring is 1. The first-order chi connectivity index (χ1) is 2.89. The summed E-state index contributed by atoms with van der Waals surface area (Å²) in [5.41, 5.74) is 5.10. The van der Waals surface area contributed by atoms with E-state index in [4.69, 9.17) is 5.73 Å². The van der Waals surface area contributed by atoms with Gasteiger partial charge >= 0.3 is 0 Å². The van der Waals surface area contributed by atoms with Crippen molar-refractivity contribution in [1.82, 2.24) is 9.97 Å². The van der Waals surface area contributed by atoms with E-state index in [-0.39, 0.29) is 0 Å². The number of rotatable bonds is 0. The largest absolute Gasteiger partial charge is 0.382 e. The molecule has 1 radical (unpaired) electrons. The van der Waals surface area contributed by atoms with Gasteiger partial charge in [-0.2, -0.15) is 0 Å². The number of hydrogen-bond acceptors (Lipinski definition) is 2. The van der Waals surface area contributed by atoms with Crippen molar-refractivity contribution in [1.29, 1.82) is 0 Å². The molecule has 0 atom stereocenters. The zero-order valence-electron chi connectivity index (χ0n) is 3.10. The van der Waals surface area contributed by atoms with Crippen LogP contribution in [0.1, 0.15) is 0 Å². The van der Waals surface area contributed by atoms with Crippen molar-refractivity contribution in [2.75, 3.05) is 5.73 Å². The van der Waals surface area contributed by atoms with Crippen LogP contribution in [0.4, 0.5) is 5.82 Å². The van der Waals surface area contributed by atoms with E-state index in [2.05, 4.69) is 16.3 Å². The third kappa shape index (κ3) is 0.337. The van der Waals surface area contributed by atoms with Gasteiger partial charge in [-0.3, -0.25) is 0 Å². The van der Waals surface area contributed by atoms with Gasteiger partial charge in [-0.15, -0.1) is 0 Å². The molecule has 0 aliphatic rings. The van der Waals surface area contributed by atoms with Crippen LogP contribution in [-0.4, -0.2) is 9.97 Å². The van der Waals surface area contributed by atoms with Crippen LogP contribution in [-0.2, 0) is 0 Å². The predicted molar refractivity (Wildman–Crippen MR) is 21.8 cm³/mol. The molecule has 0 amide bonds. The summed E-state index contributed by atoms with van der Waals surface area (Å²) in [4.78, 5) is 6.08. The van der Waals surface area contributed by atoms with Gasteiger partial charge in [0.15, 0.2) is 6.33 Å². The van der Waals surface area contributed by atoms with Gasteiger partial charge in [-0.25, -0.2) is 4.98 Å². The Bertz CT molecular complexity index is 110. The van der Waals surface area contributed by atoms with E-state index in [1.807, 2.05) is 0 Å². The second kappa shape index (κ2) is 1.01. The molecule has 0 fully saturated rings. The molecule has 3 nitrogen and oxygen atoms in total. The zero-order chi connectivity index (χ0) is 4.41. The molecule has 0 saturated carbocycles. The summed E-state index contributed by atoms with van der Waals surface area (Å²) in [6, 6.07) is 0. The maximum absolute atomic E-state index is 5.10. The van der Waals surface area contributed by atoms with Crippen LogP contribution in [0, 0.1) is 6.33 Å². The highest BCUT2D eigenvalue weighted by atomic mass is 14.9. The van der Waals surface area contributed by atoms with Crippen molar-refractivity contribution in [2.45, 2.75) is 0 Å². The normalized spacial score (nSPS) is 8.67. The van der Waals surface area contributed by atoms with E-state index in [0.29, 0.717) is 5.82 Å². The summed E-state index contributed by atoms with van der Waals surface area (Å²) in [5.74, 6) is 0.481. The second-order valence-corrected chi connectivity index (χ2v) is 0.937. The van der Waals surface area contributed by atoms with E-state index < -0.39 is 0 Å². The fourth-order valence-corrected chi connectivity index (χ4v) is 0.235. The molecule has 1 rings (SSSR count). The third-order valence-corrected chi connectivity index (χ3v) is 0.470. The minimum absolute atomic E-state index is 0.481. The minimum atomic E-state index is 0.481. The minimum Gasteiger partial charge on any atom is -0.382 e. The summed E-state index contributed by atoms with van der Waals surface area (Å²) in [7, 11) is 0.